The molecule has 9 heteroatoms. The predicted octanol–water partition coefficient (Wildman–Crippen LogP) is 3.51. The SMILES string of the molecule is CCOP(=O)(OCC)C(F)P(=O)(O)OC(C)CC. The van der Waals surface area contributed by atoms with Gasteiger partial charge in [-0.3, -0.25) is 9.13 Å². The normalized spacial score (nSPS) is 19.2. The summed E-state index contributed by atoms with van der Waals surface area (Å²) >= 11 is 0. The van der Waals surface area contributed by atoms with Crippen LogP contribution in [0.25, 0.3) is 0 Å². The maximum Gasteiger partial charge on any atom is 0.377 e. The Labute approximate surface area is 107 Å². The Hall–Kier alpha value is 0.230. The lowest BCUT2D eigenvalue weighted by atomic mass is 10.3. The smallest absolute Gasteiger partial charge is 0.322 e. The molecular weight excluding hydrogens is 285 g/mol. The Balaban J connectivity index is 5.01. The summed E-state index contributed by atoms with van der Waals surface area (Å²) in [5, 5.41) is 0. The summed E-state index contributed by atoms with van der Waals surface area (Å²) in [6, 6.07) is 0. The molecule has 0 spiro atoms. The Morgan fingerprint density at radius 1 is 1.17 bits per heavy atom. The highest BCUT2D eigenvalue weighted by Gasteiger charge is 2.50. The Morgan fingerprint density at radius 3 is 1.94 bits per heavy atom. The van der Waals surface area contributed by atoms with Crippen molar-refractivity contribution in [2.24, 2.45) is 0 Å². The average Bonchev–Trinajstić information content (AvgIpc) is 2.28. The van der Waals surface area contributed by atoms with E-state index >= 15 is 0 Å². The quantitative estimate of drug-likeness (QED) is 0.656. The van der Waals surface area contributed by atoms with Crippen LogP contribution in [-0.4, -0.2) is 29.9 Å². The van der Waals surface area contributed by atoms with Gasteiger partial charge in [-0.25, -0.2) is 4.39 Å². The highest BCUT2D eigenvalue weighted by Crippen LogP contribution is 2.69. The first-order chi connectivity index (χ1) is 8.23. The van der Waals surface area contributed by atoms with Crippen LogP contribution < -0.4 is 0 Å². The van der Waals surface area contributed by atoms with Gasteiger partial charge in [-0.1, -0.05) is 6.92 Å². The Morgan fingerprint density at radius 2 is 1.61 bits per heavy atom. The number of hydrogen-bond donors (Lipinski definition) is 1. The minimum atomic E-state index is -4.72. The molecule has 3 unspecified atom stereocenters. The van der Waals surface area contributed by atoms with E-state index in [2.05, 4.69) is 9.05 Å². The minimum Gasteiger partial charge on any atom is -0.322 e. The van der Waals surface area contributed by atoms with Gasteiger partial charge < -0.3 is 18.5 Å². The van der Waals surface area contributed by atoms with Gasteiger partial charge in [-0.2, -0.15) is 0 Å². The molecular formula is C9H21FO6P2. The summed E-state index contributed by atoms with van der Waals surface area (Å²) in [5.41, 5.74) is -2.70. The third kappa shape index (κ3) is 5.08. The molecule has 0 radical (unpaired) electrons. The fraction of sp³-hybridized carbons (Fsp3) is 1.00. The van der Waals surface area contributed by atoms with Crippen LogP contribution in [0.4, 0.5) is 4.39 Å². The van der Waals surface area contributed by atoms with Crippen LogP contribution in [0.2, 0.25) is 0 Å². The fourth-order valence-electron chi connectivity index (χ4n) is 1.08. The maximum absolute atomic E-state index is 13.9. The van der Waals surface area contributed by atoms with Crippen molar-refractivity contribution >= 4 is 15.2 Å². The first-order valence-corrected chi connectivity index (χ1v) is 9.03. The van der Waals surface area contributed by atoms with Crippen LogP contribution in [0, 0.1) is 0 Å². The van der Waals surface area contributed by atoms with E-state index < -0.39 is 26.9 Å². The van der Waals surface area contributed by atoms with Crippen LogP contribution in [0.15, 0.2) is 0 Å². The second kappa shape index (κ2) is 7.73. The number of rotatable bonds is 9. The van der Waals surface area contributed by atoms with E-state index in [-0.39, 0.29) is 13.2 Å². The van der Waals surface area contributed by atoms with Gasteiger partial charge in [-0.15, -0.1) is 0 Å². The summed E-state index contributed by atoms with van der Waals surface area (Å²) in [6.45, 7) is 6.00. The number of alkyl halides is 1. The highest BCUT2D eigenvalue weighted by atomic mass is 31.2. The van der Waals surface area contributed by atoms with Crippen molar-refractivity contribution in [3.8, 4) is 0 Å². The van der Waals surface area contributed by atoms with Gasteiger partial charge in [0.15, 0.2) is 0 Å². The van der Waals surface area contributed by atoms with E-state index in [1.165, 1.54) is 20.8 Å². The molecule has 0 saturated carbocycles. The van der Waals surface area contributed by atoms with Crippen molar-refractivity contribution in [1.82, 2.24) is 0 Å². The molecule has 18 heavy (non-hydrogen) atoms. The first-order valence-electron chi connectivity index (χ1n) is 5.77. The molecule has 1 N–H and O–H groups in total. The lowest BCUT2D eigenvalue weighted by Crippen LogP contribution is -2.14. The van der Waals surface area contributed by atoms with Crippen LogP contribution in [0.3, 0.4) is 0 Å². The molecule has 0 rings (SSSR count). The van der Waals surface area contributed by atoms with Crippen LogP contribution in [-0.2, 0) is 22.7 Å². The summed E-state index contributed by atoms with van der Waals surface area (Å²) in [4.78, 5) is 9.50. The summed E-state index contributed by atoms with van der Waals surface area (Å²) in [5.74, 6) is 0. The van der Waals surface area contributed by atoms with Gasteiger partial charge in [0.2, 0.25) is 0 Å². The summed E-state index contributed by atoms with van der Waals surface area (Å²) < 4.78 is 51.7. The standard InChI is InChI=1S/C9H21FO6P2/c1-5-8(4)16-17(11,12)9(10)18(13,14-6-2)15-7-3/h8-9H,5-7H2,1-4H3,(H,11,12). The van der Waals surface area contributed by atoms with Crippen molar-refractivity contribution in [1.29, 1.82) is 0 Å². The summed E-state index contributed by atoms with van der Waals surface area (Å²) in [6.07, 6.45) is -0.207. The Bertz CT molecular complexity index is 327. The molecule has 6 nitrogen and oxygen atoms in total. The van der Waals surface area contributed by atoms with E-state index in [9.17, 15) is 18.4 Å². The zero-order valence-electron chi connectivity index (χ0n) is 11.0. The van der Waals surface area contributed by atoms with E-state index in [4.69, 9.17) is 4.52 Å². The number of halogens is 1. The molecule has 0 heterocycles. The molecule has 0 aromatic carbocycles. The van der Waals surface area contributed by atoms with Crippen LogP contribution >= 0.6 is 15.2 Å². The van der Waals surface area contributed by atoms with Gasteiger partial charge in [0.05, 0.1) is 19.3 Å². The van der Waals surface area contributed by atoms with Crippen LogP contribution in [0.5, 0.6) is 0 Å². The van der Waals surface area contributed by atoms with Crippen molar-refractivity contribution in [3.05, 3.63) is 0 Å². The van der Waals surface area contributed by atoms with Gasteiger partial charge in [-0.05, 0) is 27.2 Å². The number of hydrogen-bond acceptors (Lipinski definition) is 5. The zero-order chi connectivity index (χ0) is 14.4. The van der Waals surface area contributed by atoms with E-state index in [1.54, 1.807) is 6.92 Å². The van der Waals surface area contributed by atoms with Gasteiger partial charge in [0.1, 0.15) is 0 Å². The lowest BCUT2D eigenvalue weighted by Gasteiger charge is -2.25. The lowest BCUT2D eigenvalue weighted by molar-refractivity contribution is 0.159. The monoisotopic (exact) mass is 306 g/mol. The van der Waals surface area contributed by atoms with Crippen molar-refractivity contribution in [2.45, 2.75) is 45.9 Å². The third-order valence-electron chi connectivity index (χ3n) is 2.05. The molecule has 0 aromatic rings. The molecule has 110 valence electrons. The predicted molar refractivity (Wildman–Crippen MR) is 66.4 cm³/mol. The minimum absolute atomic E-state index is 0.0962. The fourth-order valence-corrected chi connectivity index (χ4v) is 4.88. The van der Waals surface area contributed by atoms with E-state index in [1.807, 2.05) is 0 Å². The molecule has 0 aliphatic rings. The average molecular weight is 306 g/mol. The van der Waals surface area contributed by atoms with Crippen molar-refractivity contribution in [2.75, 3.05) is 13.2 Å². The second-order valence-corrected chi connectivity index (χ2v) is 7.82. The Kier molecular flexibility index (Phi) is 7.83. The molecule has 0 amide bonds. The highest BCUT2D eigenvalue weighted by molar-refractivity contribution is 7.71. The first kappa shape index (κ1) is 18.2. The third-order valence-corrected chi connectivity index (χ3v) is 6.74. The van der Waals surface area contributed by atoms with Gasteiger partial charge in [0.25, 0.3) is 5.65 Å². The summed E-state index contributed by atoms with van der Waals surface area (Å²) in [7, 11) is -9.02. The van der Waals surface area contributed by atoms with Gasteiger partial charge >= 0.3 is 15.2 Å². The maximum atomic E-state index is 13.9. The molecule has 0 aliphatic carbocycles. The molecule has 0 bridgehead atoms. The largest absolute Gasteiger partial charge is 0.377 e. The molecule has 0 fully saturated rings. The van der Waals surface area contributed by atoms with Crippen molar-refractivity contribution in [3.63, 3.8) is 0 Å². The molecule has 0 aliphatic heterocycles. The zero-order valence-corrected chi connectivity index (χ0v) is 12.8. The topological polar surface area (TPSA) is 82.1 Å². The van der Waals surface area contributed by atoms with Crippen LogP contribution in [0.1, 0.15) is 34.1 Å². The molecule has 0 saturated heterocycles. The van der Waals surface area contributed by atoms with Crippen molar-refractivity contribution < 1.29 is 32.0 Å². The van der Waals surface area contributed by atoms with E-state index in [0.29, 0.717) is 6.42 Å². The van der Waals surface area contributed by atoms with Gasteiger partial charge in [0, 0.05) is 0 Å². The molecule has 3 atom stereocenters. The van der Waals surface area contributed by atoms with E-state index in [0.717, 1.165) is 0 Å². The molecule has 0 aromatic heterocycles. The second-order valence-electron chi connectivity index (χ2n) is 3.57.